The Morgan fingerprint density at radius 1 is 1.23 bits per heavy atom. The van der Waals surface area contributed by atoms with E-state index in [0.29, 0.717) is 42.7 Å². The fraction of sp³-hybridized carbons (Fsp3) is 0.520. The number of hydrogen-bond acceptors (Lipinski definition) is 8. The topological polar surface area (TPSA) is 118 Å². The number of fused-ring (bicyclic) bond motifs is 1. The van der Waals surface area contributed by atoms with Crippen molar-refractivity contribution in [3.63, 3.8) is 0 Å². The molecular formula is C25H34N6O4. The molecule has 1 fully saturated rings. The highest BCUT2D eigenvalue weighted by Crippen LogP contribution is 2.28. The molecular weight excluding hydrogens is 448 g/mol. The van der Waals surface area contributed by atoms with E-state index in [0.717, 1.165) is 31.2 Å². The number of carbonyl (C=O) groups excluding carboxylic acids is 1. The summed E-state index contributed by atoms with van der Waals surface area (Å²) in [5.74, 6) is 0.584. The molecule has 3 heterocycles. The lowest BCUT2D eigenvalue weighted by Crippen LogP contribution is -2.40. The third kappa shape index (κ3) is 5.93. The van der Waals surface area contributed by atoms with Crippen molar-refractivity contribution in [1.82, 2.24) is 24.4 Å². The predicted molar refractivity (Wildman–Crippen MR) is 132 cm³/mol. The van der Waals surface area contributed by atoms with Crippen molar-refractivity contribution in [2.45, 2.75) is 58.8 Å². The van der Waals surface area contributed by atoms with Gasteiger partial charge in [0.1, 0.15) is 6.61 Å². The quantitative estimate of drug-likeness (QED) is 0.486. The van der Waals surface area contributed by atoms with E-state index in [4.69, 9.17) is 19.9 Å². The lowest BCUT2D eigenvalue weighted by atomic mass is 9.95. The number of rotatable bonds is 9. The highest BCUT2D eigenvalue weighted by Gasteiger charge is 2.26. The maximum Gasteiger partial charge on any atom is 0.410 e. The van der Waals surface area contributed by atoms with Gasteiger partial charge in [0.05, 0.1) is 13.2 Å². The van der Waals surface area contributed by atoms with Crippen LogP contribution in [0.4, 0.5) is 10.6 Å². The molecule has 10 nitrogen and oxygen atoms in total. The summed E-state index contributed by atoms with van der Waals surface area (Å²) in [4.78, 5) is 27.7. The number of imidazole rings is 1. The molecule has 1 amide bonds. The second-order valence-corrected chi connectivity index (χ2v) is 8.93. The van der Waals surface area contributed by atoms with Crippen molar-refractivity contribution in [1.29, 1.82) is 0 Å². The fourth-order valence-electron chi connectivity index (χ4n) is 4.24. The lowest BCUT2D eigenvalue weighted by Gasteiger charge is -2.32. The molecule has 1 unspecified atom stereocenters. The van der Waals surface area contributed by atoms with Crippen LogP contribution in [0, 0.1) is 5.92 Å². The number of methoxy groups -OCH3 is 1. The molecule has 35 heavy (non-hydrogen) atoms. The summed E-state index contributed by atoms with van der Waals surface area (Å²) in [6.07, 6.45) is 3.34. The number of benzene rings is 1. The number of nitrogen functional groups attached to an aromatic ring is 1. The summed E-state index contributed by atoms with van der Waals surface area (Å²) in [5.41, 5.74) is 8.21. The molecule has 0 bridgehead atoms. The number of likely N-dealkylation sites (tertiary alicyclic amines) is 1. The van der Waals surface area contributed by atoms with E-state index >= 15 is 0 Å². The van der Waals surface area contributed by atoms with Gasteiger partial charge in [-0.05, 0) is 44.1 Å². The van der Waals surface area contributed by atoms with E-state index in [1.807, 2.05) is 48.7 Å². The molecule has 1 saturated heterocycles. The van der Waals surface area contributed by atoms with Crippen LogP contribution in [0.15, 0.2) is 30.3 Å². The van der Waals surface area contributed by atoms with Crippen molar-refractivity contribution in [2.75, 3.05) is 25.9 Å². The third-order valence-corrected chi connectivity index (χ3v) is 6.37. The maximum atomic E-state index is 12.6. The Labute approximate surface area is 205 Å². The molecule has 188 valence electrons. The zero-order valence-electron chi connectivity index (χ0n) is 20.6. The number of amides is 1. The molecule has 0 saturated carbocycles. The number of hydrogen-bond donors (Lipinski definition) is 1. The van der Waals surface area contributed by atoms with Gasteiger partial charge in [-0.25, -0.2) is 4.79 Å². The van der Waals surface area contributed by atoms with E-state index in [-0.39, 0.29) is 30.6 Å². The van der Waals surface area contributed by atoms with Gasteiger partial charge in [0.2, 0.25) is 0 Å². The maximum absolute atomic E-state index is 12.6. The molecule has 1 aromatic carbocycles. The standard InChI is InChI=1S/C25H34N6O4/c1-4-17(2)35-23-28-21(26)20-22(29-23)31(24(27-20)33-3)14-12-18-11-8-13-30(15-18)25(32)34-16-19-9-6-5-7-10-19/h5-7,9-10,17-18H,4,8,11-16H2,1-3H3,(H2,26,28,29)/t17-,18?/m0/s1. The summed E-state index contributed by atoms with van der Waals surface area (Å²) in [6.45, 7) is 6.26. The Hall–Kier alpha value is -3.56. The Balaban J connectivity index is 1.42. The van der Waals surface area contributed by atoms with Gasteiger partial charge in [0, 0.05) is 19.6 Å². The molecule has 2 atom stereocenters. The largest absolute Gasteiger partial charge is 0.468 e. The second kappa shape index (κ2) is 11.2. The number of piperidine rings is 1. The van der Waals surface area contributed by atoms with Gasteiger partial charge in [0.15, 0.2) is 17.0 Å². The van der Waals surface area contributed by atoms with Crippen LogP contribution in [-0.2, 0) is 17.9 Å². The zero-order valence-corrected chi connectivity index (χ0v) is 20.6. The Morgan fingerprint density at radius 2 is 2.03 bits per heavy atom. The van der Waals surface area contributed by atoms with Crippen LogP contribution < -0.4 is 15.2 Å². The summed E-state index contributed by atoms with van der Waals surface area (Å²) in [5, 5.41) is 0. The van der Waals surface area contributed by atoms with Crippen LogP contribution in [0.1, 0.15) is 45.1 Å². The monoisotopic (exact) mass is 482 g/mol. The molecule has 0 radical (unpaired) electrons. The van der Waals surface area contributed by atoms with Gasteiger partial charge >= 0.3 is 12.1 Å². The summed E-state index contributed by atoms with van der Waals surface area (Å²) >= 11 is 0. The lowest BCUT2D eigenvalue weighted by molar-refractivity contribution is 0.0773. The smallest absolute Gasteiger partial charge is 0.410 e. The van der Waals surface area contributed by atoms with Gasteiger partial charge in [-0.15, -0.1) is 0 Å². The van der Waals surface area contributed by atoms with Gasteiger partial charge < -0.3 is 24.8 Å². The highest BCUT2D eigenvalue weighted by atomic mass is 16.6. The van der Waals surface area contributed by atoms with E-state index < -0.39 is 0 Å². The normalized spacial score (nSPS) is 16.8. The minimum Gasteiger partial charge on any atom is -0.468 e. The van der Waals surface area contributed by atoms with Crippen LogP contribution in [0.3, 0.4) is 0 Å². The van der Waals surface area contributed by atoms with Gasteiger partial charge in [0.25, 0.3) is 6.01 Å². The number of aryl methyl sites for hydroxylation is 1. The van der Waals surface area contributed by atoms with E-state index in [1.54, 1.807) is 12.0 Å². The molecule has 2 aromatic heterocycles. The summed E-state index contributed by atoms with van der Waals surface area (Å²) < 4.78 is 18.7. The second-order valence-electron chi connectivity index (χ2n) is 8.93. The van der Waals surface area contributed by atoms with Crippen molar-refractivity contribution in [3.8, 4) is 12.0 Å². The van der Waals surface area contributed by atoms with Crippen LogP contribution >= 0.6 is 0 Å². The summed E-state index contributed by atoms with van der Waals surface area (Å²) in [7, 11) is 1.57. The Morgan fingerprint density at radius 3 is 2.77 bits per heavy atom. The van der Waals surface area contributed by atoms with E-state index in [1.165, 1.54) is 0 Å². The first-order chi connectivity index (χ1) is 17.0. The minimum atomic E-state index is -0.267. The average molecular weight is 483 g/mol. The van der Waals surface area contributed by atoms with Crippen molar-refractivity contribution < 1.29 is 19.0 Å². The molecule has 0 spiro atoms. The molecule has 2 N–H and O–H groups in total. The van der Waals surface area contributed by atoms with Gasteiger partial charge in [-0.3, -0.25) is 4.57 Å². The van der Waals surface area contributed by atoms with Crippen molar-refractivity contribution in [2.24, 2.45) is 5.92 Å². The first kappa shape index (κ1) is 24.6. The van der Waals surface area contributed by atoms with Crippen molar-refractivity contribution in [3.05, 3.63) is 35.9 Å². The molecule has 1 aliphatic heterocycles. The number of nitrogens with zero attached hydrogens (tertiary/aromatic N) is 5. The van der Waals surface area contributed by atoms with Crippen molar-refractivity contribution >= 4 is 23.1 Å². The first-order valence-electron chi connectivity index (χ1n) is 12.2. The fourth-order valence-corrected chi connectivity index (χ4v) is 4.24. The molecule has 10 heteroatoms. The van der Waals surface area contributed by atoms with Crippen LogP contribution in [0.2, 0.25) is 0 Å². The average Bonchev–Trinajstić information content (AvgIpc) is 3.24. The van der Waals surface area contributed by atoms with Crippen LogP contribution in [-0.4, -0.2) is 56.8 Å². The van der Waals surface area contributed by atoms with E-state index in [2.05, 4.69) is 15.0 Å². The number of anilines is 1. The highest BCUT2D eigenvalue weighted by molar-refractivity contribution is 5.83. The molecule has 4 rings (SSSR count). The summed E-state index contributed by atoms with van der Waals surface area (Å²) in [6, 6.07) is 10.4. The predicted octanol–water partition coefficient (Wildman–Crippen LogP) is 4.03. The molecule has 3 aromatic rings. The van der Waals surface area contributed by atoms with E-state index in [9.17, 15) is 4.79 Å². The minimum absolute atomic E-state index is 0.0278. The molecule has 0 aliphatic carbocycles. The Bertz CT molecular complexity index is 1140. The zero-order chi connectivity index (χ0) is 24.8. The van der Waals surface area contributed by atoms with Crippen LogP contribution in [0.25, 0.3) is 11.2 Å². The first-order valence-corrected chi connectivity index (χ1v) is 12.2. The van der Waals surface area contributed by atoms with Gasteiger partial charge in [-0.2, -0.15) is 15.0 Å². The number of ether oxygens (including phenoxy) is 3. The van der Waals surface area contributed by atoms with Crippen LogP contribution in [0.5, 0.6) is 12.0 Å². The number of aromatic nitrogens is 4. The number of carbonyl (C=O) groups is 1. The van der Waals surface area contributed by atoms with Gasteiger partial charge in [-0.1, -0.05) is 37.3 Å². The third-order valence-electron chi connectivity index (χ3n) is 6.37. The Kier molecular flexibility index (Phi) is 7.89. The molecule has 1 aliphatic rings. The SMILES string of the molecule is CC[C@H](C)Oc1nc(N)c2nc(OC)n(CCC3CCCN(C(=O)OCc4ccccc4)C3)c2n1. The number of nitrogens with two attached hydrogens (primary N) is 1.